The minimum absolute atomic E-state index is 0.280. The highest BCUT2D eigenvalue weighted by molar-refractivity contribution is 7.15. The van der Waals surface area contributed by atoms with Gasteiger partial charge in [-0.1, -0.05) is 17.7 Å². The van der Waals surface area contributed by atoms with E-state index >= 15 is 0 Å². The maximum Gasteiger partial charge on any atom is 0.417 e. The Balaban J connectivity index is 1.92. The van der Waals surface area contributed by atoms with Gasteiger partial charge in [0.1, 0.15) is 0 Å². The summed E-state index contributed by atoms with van der Waals surface area (Å²) in [6.45, 7) is 0. The fraction of sp³-hybridized carbons (Fsp3) is 0.357. The van der Waals surface area contributed by atoms with Crippen molar-refractivity contribution in [3.8, 4) is 0 Å². The predicted molar refractivity (Wildman–Crippen MR) is 77.8 cm³/mol. The molecule has 0 atom stereocenters. The van der Waals surface area contributed by atoms with Gasteiger partial charge in [0, 0.05) is 17.2 Å². The van der Waals surface area contributed by atoms with Gasteiger partial charge in [-0.15, -0.1) is 11.3 Å². The van der Waals surface area contributed by atoms with Crippen molar-refractivity contribution >= 4 is 28.1 Å². The number of alkyl halides is 3. The predicted octanol–water partition coefficient (Wildman–Crippen LogP) is 4.87. The first kappa shape index (κ1) is 14.7. The molecule has 1 fully saturated rings. The molecule has 0 bridgehead atoms. The van der Waals surface area contributed by atoms with E-state index in [1.165, 1.54) is 17.4 Å². The van der Waals surface area contributed by atoms with E-state index in [2.05, 4.69) is 4.98 Å². The van der Waals surface area contributed by atoms with Gasteiger partial charge in [-0.05, 0) is 30.5 Å². The number of thiazole rings is 1. The third-order valence-electron chi connectivity index (χ3n) is 3.41. The molecule has 0 aliphatic heterocycles. The summed E-state index contributed by atoms with van der Waals surface area (Å²) in [5, 5.41) is 0.189. The minimum Gasteiger partial charge on any atom is -0.375 e. The number of hydrogen-bond acceptors (Lipinski definition) is 3. The zero-order valence-electron chi connectivity index (χ0n) is 10.9. The molecular formula is C14H12ClF3N2S. The Morgan fingerprint density at radius 2 is 2.05 bits per heavy atom. The highest BCUT2D eigenvalue weighted by atomic mass is 35.5. The normalized spacial score (nSPS) is 15.4. The lowest BCUT2D eigenvalue weighted by molar-refractivity contribution is -0.137. The van der Waals surface area contributed by atoms with Crippen LogP contribution >= 0.6 is 22.9 Å². The Kier molecular flexibility index (Phi) is 3.61. The number of benzene rings is 1. The molecule has 1 aromatic heterocycles. The van der Waals surface area contributed by atoms with Crippen molar-refractivity contribution in [2.75, 3.05) is 5.73 Å². The number of halogens is 4. The molecule has 0 saturated heterocycles. The van der Waals surface area contributed by atoms with Gasteiger partial charge < -0.3 is 5.73 Å². The number of nitrogen functional groups attached to an aromatic ring is 1. The van der Waals surface area contributed by atoms with Crippen LogP contribution in [0.4, 0.5) is 18.3 Å². The number of anilines is 1. The molecule has 2 nitrogen and oxygen atoms in total. The Morgan fingerprint density at radius 1 is 1.33 bits per heavy atom. The summed E-state index contributed by atoms with van der Waals surface area (Å²) in [6.07, 6.45) is -1.89. The lowest BCUT2D eigenvalue weighted by Gasteiger charge is -2.11. The average Bonchev–Trinajstić information content (AvgIpc) is 3.15. The Hall–Kier alpha value is -1.27. The second-order valence-corrected chi connectivity index (χ2v) is 6.65. The van der Waals surface area contributed by atoms with Crippen LogP contribution in [0.1, 0.15) is 40.5 Å². The summed E-state index contributed by atoms with van der Waals surface area (Å²) in [6, 6.07) is 4.01. The summed E-state index contributed by atoms with van der Waals surface area (Å²) in [5.41, 5.74) is 6.44. The first-order valence-corrected chi connectivity index (χ1v) is 7.64. The highest BCUT2D eigenvalue weighted by Gasteiger charge is 2.34. The van der Waals surface area contributed by atoms with Crippen LogP contribution in [-0.4, -0.2) is 4.98 Å². The molecule has 1 aliphatic carbocycles. The van der Waals surface area contributed by atoms with E-state index in [1.807, 2.05) is 0 Å². The van der Waals surface area contributed by atoms with E-state index in [0.29, 0.717) is 23.0 Å². The molecule has 3 rings (SSSR count). The molecule has 112 valence electrons. The summed E-state index contributed by atoms with van der Waals surface area (Å²) in [4.78, 5) is 5.26. The molecule has 1 saturated carbocycles. The van der Waals surface area contributed by atoms with E-state index in [-0.39, 0.29) is 5.02 Å². The van der Waals surface area contributed by atoms with Crippen molar-refractivity contribution in [2.45, 2.75) is 31.4 Å². The third kappa shape index (κ3) is 3.16. The molecule has 7 heteroatoms. The molecular weight excluding hydrogens is 321 g/mol. The smallest absolute Gasteiger partial charge is 0.375 e. The van der Waals surface area contributed by atoms with E-state index < -0.39 is 11.7 Å². The lowest BCUT2D eigenvalue weighted by Crippen LogP contribution is -2.06. The van der Waals surface area contributed by atoms with Gasteiger partial charge in [-0.25, -0.2) is 4.98 Å². The fourth-order valence-corrected chi connectivity index (χ4v) is 3.45. The quantitative estimate of drug-likeness (QED) is 0.871. The molecule has 21 heavy (non-hydrogen) atoms. The van der Waals surface area contributed by atoms with Crippen LogP contribution in [0, 0.1) is 0 Å². The number of aromatic nitrogens is 1. The van der Waals surface area contributed by atoms with Crippen molar-refractivity contribution in [1.29, 1.82) is 0 Å². The van der Waals surface area contributed by atoms with Gasteiger partial charge in [-0.2, -0.15) is 13.2 Å². The topological polar surface area (TPSA) is 38.9 Å². The van der Waals surface area contributed by atoms with Crippen molar-refractivity contribution in [3.63, 3.8) is 0 Å². The van der Waals surface area contributed by atoms with Gasteiger partial charge in [0.2, 0.25) is 0 Å². The minimum atomic E-state index is -4.45. The van der Waals surface area contributed by atoms with Crippen LogP contribution in [0.25, 0.3) is 0 Å². The maximum atomic E-state index is 12.9. The Labute approximate surface area is 128 Å². The molecule has 1 aliphatic rings. The van der Waals surface area contributed by atoms with E-state index in [1.54, 1.807) is 6.07 Å². The van der Waals surface area contributed by atoms with Crippen molar-refractivity contribution < 1.29 is 13.2 Å². The largest absolute Gasteiger partial charge is 0.417 e. The third-order valence-corrected chi connectivity index (χ3v) is 4.64. The Bertz CT molecular complexity index is 677. The fourth-order valence-electron chi connectivity index (χ4n) is 2.27. The van der Waals surface area contributed by atoms with Gasteiger partial charge in [0.25, 0.3) is 0 Å². The molecule has 1 heterocycles. The van der Waals surface area contributed by atoms with Gasteiger partial charge in [0.05, 0.1) is 16.3 Å². The molecule has 2 N–H and O–H groups in total. The van der Waals surface area contributed by atoms with Crippen LogP contribution in [0.2, 0.25) is 5.02 Å². The first-order valence-electron chi connectivity index (χ1n) is 6.45. The SMILES string of the molecule is Nc1nc(C2CC2)c(Cc2ccc(Cl)c(C(F)(F)F)c2)s1. The van der Waals surface area contributed by atoms with Gasteiger partial charge in [0.15, 0.2) is 5.13 Å². The molecule has 0 spiro atoms. The highest BCUT2D eigenvalue weighted by Crippen LogP contribution is 2.44. The van der Waals surface area contributed by atoms with E-state index in [9.17, 15) is 13.2 Å². The Morgan fingerprint density at radius 3 is 2.67 bits per heavy atom. The van der Waals surface area contributed by atoms with Crippen molar-refractivity contribution in [1.82, 2.24) is 4.98 Å². The lowest BCUT2D eigenvalue weighted by atomic mass is 10.1. The zero-order valence-corrected chi connectivity index (χ0v) is 12.4. The second kappa shape index (κ2) is 5.18. The standard InChI is InChI=1S/C14H12ClF3N2S/c15-10-4-1-7(5-9(10)14(16,17)18)6-11-12(8-2-3-8)20-13(19)21-11/h1,4-5,8H,2-3,6H2,(H2,19,20). The summed E-state index contributed by atoms with van der Waals surface area (Å²) < 4.78 is 38.6. The van der Waals surface area contributed by atoms with Crippen LogP contribution in [0.5, 0.6) is 0 Å². The van der Waals surface area contributed by atoms with Crippen LogP contribution < -0.4 is 5.73 Å². The molecule has 0 radical (unpaired) electrons. The van der Waals surface area contributed by atoms with Gasteiger partial charge in [-0.3, -0.25) is 0 Å². The summed E-state index contributed by atoms with van der Waals surface area (Å²) >= 11 is 6.98. The number of hydrogen-bond donors (Lipinski definition) is 1. The zero-order chi connectivity index (χ0) is 15.2. The summed E-state index contributed by atoms with van der Waals surface area (Å²) in [7, 11) is 0. The molecule has 2 aromatic rings. The van der Waals surface area contributed by atoms with Crippen LogP contribution in [0.3, 0.4) is 0 Å². The van der Waals surface area contributed by atoms with Crippen molar-refractivity contribution in [3.05, 3.63) is 44.9 Å². The second-order valence-electron chi connectivity index (χ2n) is 5.12. The van der Waals surface area contributed by atoms with E-state index in [4.69, 9.17) is 17.3 Å². The first-order chi connectivity index (χ1) is 9.84. The monoisotopic (exact) mass is 332 g/mol. The number of nitrogens with zero attached hydrogens (tertiary/aromatic N) is 1. The summed E-state index contributed by atoms with van der Waals surface area (Å²) in [5.74, 6) is 0.419. The molecule has 1 aromatic carbocycles. The number of rotatable bonds is 3. The van der Waals surface area contributed by atoms with Crippen LogP contribution in [0.15, 0.2) is 18.2 Å². The number of nitrogens with two attached hydrogens (primary N) is 1. The average molecular weight is 333 g/mol. The van der Waals surface area contributed by atoms with Gasteiger partial charge >= 0.3 is 6.18 Å². The van der Waals surface area contributed by atoms with E-state index in [0.717, 1.165) is 29.5 Å². The molecule has 0 unspecified atom stereocenters. The molecule has 0 amide bonds. The van der Waals surface area contributed by atoms with Crippen LogP contribution in [-0.2, 0) is 12.6 Å². The van der Waals surface area contributed by atoms with Crippen molar-refractivity contribution in [2.24, 2.45) is 0 Å². The maximum absolute atomic E-state index is 12.9.